The molecule has 15 heavy (non-hydrogen) atoms. The average Bonchev–Trinajstić information content (AvgIpc) is 2.25. The Labute approximate surface area is 88.7 Å². The number of rotatable bonds is 6. The monoisotopic (exact) mass is 209 g/mol. The number of carbonyl (C=O) groups is 1. The normalized spacial score (nSPS) is 12.3. The van der Waals surface area contributed by atoms with Crippen LogP contribution in [0.5, 0.6) is 0 Å². The SMILES string of the molecule is NCCC(OCc1ccccc1)C(=O)O. The van der Waals surface area contributed by atoms with Gasteiger partial charge in [0, 0.05) is 0 Å². The van der Waals surface area contributed by atoms with Crippen LogP contribution in [-0.2, 0) is 16.1 Å². The van der Waals surface area contributed by atoms with Crippen molar-refractivity contribution in [1.29, 1.82) is 0 Å². The molecule has 0 aromatic heterocycles. The van der Waals surface area contributed by atoms with E-state index < -0.39 is 12.1 Å². The summed E-state index contributed by atoms with van der Waals surface area (Å²) in [6.45, 7) is 0.615. The van der Waals surface area contributed by atoms with Crippen molar-refractivity contribution >= 4 is 5.97 Å². The molecule has 0 aliphatic heterocycles. The lowest BCUT2D eigenvalue weighted by Gasteiger charge is -2.12. The highest BCUT2D eigenvalue weighted by molar-refractivity contribution is 5.72. The van der Waals surface area contributed by atoms with Crippen LogP contribution in [-0.4, -0.2) is 23.7 Å². The third-order valence-corrected chi connectivity index (χ3v) is 2.00. The van der Waals surface area contributed by atoms with Gasteiger partial charge >= 0.3 is 5.97 Å². The molecule has 0 radical (unpaired) electrons. The average molecular weight is 209 g/mol. The Balaban J connectivity index is 2.43. The highest BCUT2D eigenvalue weighted by Gasteiger charge is 2.16. The molecule has 0 fully saturated rings. The minimum Gasteiger partial charge on any atom is -0.479 e. The van der Waals surface area contributed by atoms with Crippen LogP contribution >= 0.6 is 0 Å². The maximum atomic E-state index is 10.7. The van der Waals surface area contributed by atoms with E-state index in [-0.39, 0.29) is 0 Å². The Kier molecular flexibility index (Phi) is 4.80. The van der Waals surface area contributed by atoms with Gasteiger partial charge in [-0.05, 0) is 18.5 Å². The Morgan fingerprint density at radius 3 is 2.60 bits per heavy atom. The second-order valence-corrected chi connectivity index (χ2v) is 3.20. The van der Waals surface area contributed by atoms with Crippen molar-refractivity contribution in [3.63, 3.8) is 0 Å². The molecule has 0 heterocycles. The fraction of sp³-hybridized carbons (Fsp3) is 0.364. The van der Waals surface area contributed by atoms with Gasteiger partial charge < -0.3 is 15.6 Å². The first-order valence-corrected chi connectivity index (χ1v) is 4.82. The van der Waals surface area contributed by atoms with E-state index in [1.165, 1.54) is 0 Å². The van der Waals surface area contributed by atoms with E-state index in [2.05, 4.69) is 0 Å². The minimum atomic E-state index is -0.962. The highest BCUT2D eigenvalue weighted by Crippen LogP contribution is 2.05. The van der Waals surface area contributed by atoms with Gasteiger partial charge in [0.15, 0.2) is 6.10 Å². The van der Waals surface area contributed by atoms with Crippen LogP contribution in [0.2, 0.25) is 0 Å². The van der Waals surface area contributed by atoms with Crippen LogP contribution in [0.25, 0.3) is 0 Å². The summed E-state index contributed by atoms with van der Waals surface area (Å²) in [4.78, 5) is 10.7. The molecule has 0 spiro atoms. The predicted octanol–water partition coefficient (Wildman–Crippen LogP) is 1.01. The minimum absolute atomic E-state index is 0.303. The van der Waals surface area contributed by atoms with Crippen molar-refractivity contribution < 1.29 is 14.6 Å². The van der Waals surface area contributed by atoms with Gasteiger partial charge in [-0.2, -0.15) is 0 Å². The summed E-state index contributed by atoms with van der Waals surface area (Å²) in [5.41, 5.74) is 6.25. The Morgan fingerprint density at radius 2 is 2.07 bits per heavy atom. The molecule has 82 valence electrons. The molecule has 0 aliphatic rings. The van der Waals surface area contributed by atoms with E-state index in [1.54, 1.807) is 0 Å². The predicted molar refractivity (Wildman–Crippen MR) is 56.3 cm³/mol. The zero-order valence-electron chi connectivity index (χ0n) is 8.43. The molecule has 1 aromatic rings. The molecule has 3 N–H and O–H groups in total. The van der Waals surface area contributed by atoms with Gasteiger partial charge in [-0.15, -0.1) is 0 Å². The molecule has 1 unspecified atom stereocenters. The van der Waals surface area contributed by atoms with Crippen molar-refractivity contribution in [3.05, 3.63) is 35.9 Å². The van der Waals surface area contributed by atoms with Crippen molar-refractivity contribution in [3.8, 4) is 0 Å². The number of ether oxygens (including phenoxy) is 1. The molecule has 0 saturated carbocycles. The van der Waals surface area contributed by atoms with Crippen LogP contribution in [0.3, 0.4) is 0 Å². The highest BCUT2D eigenvalue weighted by atomic mass is 16.5. The Bertz CT molecular complexity index is 300. The van der Waals surface area contributed by atoms with Crippen LogP contribution in [0.4, 0.5) is 0 Å². The molecular formula is C11H15NO3. The number of carboxylic acid groups (broad SMARTS) is 1. The number of aliphatic carboxylic acids is 1. The summed E-state index contributed by atoms with van der Waals surface area (Å²) < 4.78 is 5.25. The number of carboxylic acids is 1. The van der Waals surface area contributed by atoms with Gasteiger partial charge in [0.25, 0.3) is 0 Å². The van der Waals surface area contributed by atoms with E-state index in [1.807, 2.05) is 30.3 Å². The summed E-state index contributed by atoms with van der Waals surface area (Å²) in [5, 5.41) is 8.80. The van der Waals surface area contributed by atoms with Gasteiger partial charge in [0.05, 0.1) is 6.61 Å². The van der Waals surface area contributed by atoms with Crippen molar-refractivity contribution in [2.75, 3.05) is 6.54 Å². The smallest absolute Gasteiger partial charge is 0.332 e. The van der Waals surface area contributed by atoms with Gasteiger partial charge in [-0.3, -0.25) is 0 Å². The number of hydrogen-bond donors (Lipinski definition) is 2. The molecule has 0 saturated heterocycles. The lowest BCUT2D eigenvalue weighted by Crippen LogP contribution is -2.26. The van der Waals surface area contributed by atoms with Crippen LogP contribution in [0.15, 0.2) is 30.3 Å². The Hall–Kier alpha value is -1.39. The summed E-state index contributed by atoms with van der Waals surface area (Å²) in [5.74, 6) is -0.962. The second kappa shape index (κ2) is 6.16. The maximum absolute atomic E-state index is 10.7. The third kappa shape index (κ3) is 4.10. The Morgan fingerprint density at radius 1 is 1.40 bits per heavy atom. The van der Waals surface area contributed by atoms with E-state index in [4.69, 9.17) is 15.6 Å². The molecule has 0 aliphatic carbocycles. The van der Waals surface area contributed by atoms with Crippen molar-refractivity contribution in [2.24, 2.45) is 5.73 Å². The van der Waals surface area contributed by atoms with Gasteiger partial charge in [0.2, 0.25) is 0 Å². The van der Waals surface area contributed by atoms with Crippen LogP contribution in [0.1, 0.15) is 12.0 Å². The van der Waals surface area contributed by atoms with Crippen LogP contribution < -0.4 is 5.73 Å². The fourth-order valence-corrected chi connectivity index (χ4v) is 1.20. The molecule has 0 bridgehead atoms. The molecule has 1 rings (SSSR count). The fourth-order valence-electron chi connectivity index (χ4n) is 1.20. The zero-order valence-corrected chi connectivity index (χ0v) is 8.43. The van der Waals surface area contributed by atoms with E-state index >= 15 is 0 Å². The van der Waals surface area contributed by atoms with E-state index in [0.29, 0.717) is 19.6 Å². The van der Waals surface area contributed by atoms with Gasteiger partial charge in [0.1, 0.15) is 0 Å². The standard InChI is InChI=1S/C11H15NO3/c12-7-6-10(11(13)14)15-8-9-4-2-1-3-5-9/h1-5,10H,6-8,12H2,(H,13,14). The zero-order chi connectivity index (χ0) is 11.1. The molecule has 1 aromatic carbocycles. The van der Waals surface area contributed by atoms with E-state index in [9.17, 15) is 4.79 Å². The molecule has 0 amide bonds. The van der Waals surface area contributed by atoms with Gasteiger partial charge in [-0.1, -0.05) is 30.3 Å². The van der Waals surface area contributed by atoms with Crippen LogP contribution in [0, 0.1) is 0 Å². The first kappa shape index (κ1) is 11.7. The summed E-state index contributed by atoms with van der Waals surface area (Å²) in [6, 6.07) is 9.45. The summed E-state index contributed by atoms with van der Waals surface area (Å²) in [7, 11) is 0. The molecule has 4 heteroatoms. The number of hydrogen-bond acceptors (Lipinski definition) is 3. The van der Waals surface area contributed by atoms with Gasteiger partial charge in [-0.25, -0.2) is 4.79 Å². The topological polar surface area (TPSA) is 72.5 Å². The quantitative estimate of drug-likeness (QED) is 0.733. The second-order valence-electron chi connectivity index (χ2n) is 3.20. The number of nitrogens with two attached hydrogens (primary N) is 1. The molecule has 1 atom stereocenters. The summed E-state index contributed by atoms with van der Waals surface area (Å²) in [6.07, 6.45) is -0.475. The maximum Gasteiger partial charge on any atom is 0.332 e. The largest absolute Gasteiger partial charge is 0.479 e. The van der Waals surface area contributed by atoms with Crippen molar-refractivity contribution in [1.82, 2.24) is 0 Å². The molecule has 4 nitrogen and oxygen atoms in total. The van der Waals surface area contributed by atoms with Crippen molar-refractivity contribution in [2.45, 2.75) is 19.1 Å². The first-order valence-electron chi connectivity index (χ1n) is 4.82. The third-order valence-electron chi connectivity index (χ3n) is 2.00. The van der Waals surface area contributed by atoms with E-state index in [0.717, 1.165) is 5.56 Å². The number of benzene rings is 1. The molecular weight excluding hydrogens is 194 g/mol. The summed E-state index contributed by atoms with van der Waals surface area (Å²) >= 11 is 0. The lowest BCUT2D eigenvalue weighted by atomic mass is 10.2. The first-order chi connectivity index (χ1) is 7.24. The lowest BCUT2D eigenvalue weighted by molar-refractivity contribution is -0.151.